The number of alkyl halides is 2. The average molecular weight is 260 g/mol. The summed E-state index contributed by atoms with van der Waals surface area (Å²) < 4.78 is 26.9. The molecule has 0 N–H and O–H groups in total. The minimum Gasteiger partial charge on any atom is -0.242 e. The summed E-state index contributed by atoms with van der Waals surface area (Å²) in [6, 6.07) is 1.18. The zero-order valence-electron chi connectivity index (χ0n) is 9.71. The molecule has 17 heavy (non-hydrogen) atoms. The molecule has 0 saturated carbocycles. The van der Waals surface area contributed by atoms with Crippen molar-refractivity contribution in [3.8, 4) is 0 Å². The van der Waals surface area contributed by atoms with E-state index < -0.39 is 6.43 Å². The molecular formula is C11H12ClF2N3. The van der Waals surface area contributed by atoms with Gasteiger partial charge in [0.05, 0.1) is 22.1 Å². The number of pyridine rings is 1. The fourth-order valence-corrected chi connectivity index (χ4v) is 1.83. The predicted molar refractivity (Wildman–Crippen MR) is 62.5 cm³/mol. The quantitative estimate of drug-likeness (QED) is 0.780. The third kappa shape index (κ3) is 2.11. The summed E-state index contributed by atoms with van der Waals surface area (Å²) >= 11 is 5.94. The maximum atomic E-state index is 12.7. The molecule has 0 unspecified atom stereocenters. The lowest BCUT2D eigenvalue weighted by Crippen LogP contribution is -2.23. The molecule has 6 heteroatoms. The van der Waals surface area contributed by atoms with Crippen molar-refractivity contribution < 1.29 is 8.78 Å². The Labute approximate surface area is 102 Å². The Morgan fingerprint density at radius 2 is 2.00 bits per heavy atom. The molecule has 0 radical (unpaired) electrons. The van der Waals surface area contributed by atoms with E-state index in [4.69, 9.17) is 11.6 Å². The van der Waals surface area contributed by atoms with Gasteiger partial charge in [0.1, 0.15) is 5.69 Å². The van der Waals surface area contributed by atoms with Crippen molar-refractivity contribution in [2.75, 3.05) is 0 Å². The van der Waals surface area contributed by atoms with Crippen molar-refractivity contribution in [3.63, 3.8) is 0 Å². The van der Waals surface area contributed by atoms with E-state index in [9.17, 15) is 8.78 Å². The molecule has 0 aliphatic heterocycles. The lowest BCUT2D eigenvalue weighted by molar-refractivity contribution is 0.146. The zero-order chi connectivity index (χ0) is 12.8. The first-order chi connectivity index (χ1) is 7.80. The summed E-state index contributed by atoms with van der Waals surface area (Å²) in [4.78, 5) is 3.93. The van der Waals surface area contributed by atoms with Gasteiger partial charge in [-0.15, -0.1) is 0 Å². The van der Waals surface area contributed by atoms with Gasteiger partial charge in [-0.1, -0.05) is 11.6 Å². The minimum atomic E-state index is -2.64. The molecule has 0 amide bonds. The van der Waals surface area contributed by atoms with Crippen molar-refractivity contribution in [2.24, 2.45) is 0 Å². The highest BCUT2D eigenvalue weighted by Gasteiger charge is 2.21. The molecule has 0 aliphatic carbocycles. The van der Waals surface area contributed by atoms with Gasteiger partial charge in [-0.3, -0.25) is 0 Å². The third-order valence-electron chi connectivity index (χ3n) is 2.37. The van der Waals surface area contributed by atoms with Gasteiger partial charge in [0.15, 0.2) is 5.65 Å². The van der Waals surface area contributed by atoms with E-state index in [0.29, 0.717) is 11.0 Å². The number of rotatable bonds is 1. The first-order valence-corrected chi connectivity index (χ1v) is 5.51. The van der Waals surface area contributed by atoms with E-state index in [1.54, 1.807) is 10.9 Å². The number of fused-ring (bicyclic) bond motifs is 1. The fraction of sp³-hybridized carbons (Fsp3) is 0.455. The van der Waals surface area contributed by atoms with Crippen molar-refractivity contribution >= 4 is 22.6 Å². The van der Waals surface area contributed by atoms with Crippen molar-refractivity contribution in [3.05, 3.63) is 23.0 Å². The van der Waals surface area contributed by atoms with Crippen LogP contribution in [0.5, 0.6) is 0 Å². The monoisotopic (exact) mass is 259 g/mol. The predicted octanol–water partition coefficient (Wildman–Crippen LogP) is 3.78. The van der Waals surface area contributed by atoms with Gasteiger partial charge in [0, 0.05) is 0 Å². The standard InChI is InChI=1S/C11H12ClF2N3/c1-11(2,3)17-10-6(5-15-17)7(12)4-8(16-10)9(13)14/h4-5,9H,1-3H3. The Morgan fingerprint density at radius 1 is 1.35 bits per heavy atom. The van der Waals surface area contributed by atoms with Gasteiger partial charge in [0.2, 0.25) is 0 Å². The van der Waals surface area contributed by atoms with Gasteiger partial charge in [-0.25, -0.2) is 18.4 Å². The van der Waals surface area contributed by atoms with Gasteiger partial charge in [-0.05, 0) is 26.8 Å². The van der Waals surface area contributed by atoms with Crippen LogP contribution in [-0.4, -0.2) is 14.8 Å². The Kier molecular flexibility index (Phi) is 2.81. The van der Waals surface area contributed by atoms with Crippen LogP contribution in [-0.2, 0) is 5.54 Å². The number of hydrogen-bond donors (Lipinski definition) is 0. The number of hydrogen-bond acceptors (Lipinski definition) is 2. The highest BCUT2D eigenvalue weighted by molar-refractivity contribution is 6.35. The largest absolute Gasteiger partial charge is 0.280 e. The second-order valence-corrected chi connectivity index (χ2v) is 5.20. The number of aromatic nitrogens is 3. The first kappa shape index (κ1) is 12.2. The van der Waals surface area contributed by atoms with Crippen LogP contribution in [0.1, 0.15) is 32.9 Å². The molecule has 0 spiro atoms. The van der Waals surface area contributed by atoms with Gasteiger partial charge in [-0.2, -0.15) is 5.10 Å². The molecule has 0 fully saturated rings. The molecule has 0 aromatic carbocycles. The highest BCUT2D eigenvalue weighted by atomic mass is 35.5. The van der Waals surface area contributed by atoms with Crippen LogP contribution in [0, 0.1) is 0 Å². The van der Waals surface area contributed by atoms with E-state index in [0.717, 1.165) is 0 Å². The van der Waals surface area contributed by atoms with Crippen molar-refractivity contribution in [1.82, 2.24) is 14.8 Å². The molecule has 2 rings (SSSR count). The average Bonchev–Trinajstić information content (AvgIpc) is 2.60. The molecule has 2 aromatic heterocycles. The molecule has 3 nitrogen and oxygen atoms in total. The molecule has 0 aliphatic rings. The molecular weight excluding hydrogens is 248 g/mol. The minimum absolute atomic E-state index is 0.251. The lowest BCUT2D eigenvalue weighted by Gasteiger charge is -2.20. The van der Waals surface area contributed by atoms with Crippen molar-refractivity contribution in [2.45, 2.75) is 32.7 Å². The van der Waals surface area contributed by atoms with Crippen LogP contribution in [0.2, 0.25) is 5.02 Å². The normalized spacial score (nSPS) is 12.6. The van der Waals surface area contributed by atoms with Crippen LogP contribution in [0.25, 0.3) is 11.0 Å². The van der Waals surface area contributed by atoms with Gasteiger partial charge >= 0.3 is 0 Å². The number of halogens is 3. The van der Waals surface area contributed by atoms with Gasteiger partial charge < -0.3 is 0 Å². The first-order valence-electron chi connectivity index (χ1n) is 5.13. The Bertz CT molecular complexity index is 558. The van der Waals surface area contributed by atoms with Crippen LogP contribution in [0.4, 0.5) is 8.78 Å². The highest BCUT2D eigenvalue weighted by Crippen LogP contribution is 2.29. The molecule has 0 bridgehead atoms. The SMILES string of the molecule is CC(C)(C)n1ncc2c(Cl)cc(C(F)F)nc21. The fourth-order valence-electron chi connectivity index (χ4n) is 1.58. The molecule has 2 aromatic rings. The smallest absolute Gasteiger partial charge is 0.242 e. The molecule has 0 atom stereocenters. The molecule has 2 heterocycles. The molecule has 0 saturated heterocycles. The van der Waals surface area contributed by atoms with E-state index in [-0.39, 0.29) is 16.3 Å². The Hall–Kier alpha value is -1.23. The number of nitrogens with zero attached hydrogens (tertiary/aromatic N) is 3. The lowest BCUT2D eigenvalue weighted by atomic mass is 10.1. The summed E-state index contributed by atoms with van der Waals surface area (Å²) in [5.74, 6) is 0. The Morgan fingerprint density at radius 3 is 2.53 bits per heavy atom. The van der Waals surface area contributed by atoms with Crippen molar-refractivity contribution in [1.29, 1.82) is 0 Å². The van der Waals surface area contributed by atoms with Gasteiger partial charge in [0.25, 0.3) is 6.43 Å². The summed E-state index contributed by atoms with van der Waals surface area (Å²) in [5, 5.41) is 4.99. The summed E-state index contributed by atoms with van der Waals surface area (Å²) in [6.45, 7) is 5.76. The summed E-state index contributed by atoms with van der Waals surface area (Å²) in [7, 11) is 0. The van der Waals surface area contributed by atoms with Crippen LogP contribution in [0.3, 0.4) is 0 Å². The van der Waals surface area contributed by atoms with E-state index in [1.165, 1.54) is 6.07 Å². The van der Waals surface area contributed by atoms with E-state index in [1.807, 2.05) is 20.8 Å². The van der Waals surface area contributed by atoms with E-state index in [2.05, 4.69) is 10.1 Å². The maximum absolute atomic E-state index is 12.7. The maximum Gasteiger partial charge on any atom is 0.280 e. The third-order valence-corrected chi connectivity index (χ3v) is 2.68. The summed E-state index contributed by atoms with van der Waals surface area (Å²) in [6.07, 6.45) is -1.09. The van der Waals surface area contributed by atoms with Crippen LogP contribution < -0.4 is 0 Å². The van der Waals surface area contributed by atoms with E-state index >= 15 is 0 Å². The topological polar surface area (TPSA) is 30.7 Å². The second kappa shape index (κ2) is 3.91. The van der Waals surface area contributed by atoms with Crippen LogP contribution >= 0.6 is 11.6 Å². The molecule has 92 valence electrons. The summed E-state index contributed by atoms with van der Waals surface area (Å²) in [5.41, 5.74) is -0.271. The second-order valence-electron chi connectivity index (χ2n) is 4.79. The van der Waals surface area contributed by atoms with Crippen LogP contribution in [0.15, 0.2) is 12.3 Å². The Balaban J connectivity index is 2.75. The zero-order valence-corrected chi connectivity index (χ0v) is 10.5.